The molecular formula is C26H38FN5O2. The van der Waals surface area contributed by atoms with Gasteiger partial charge in [-0.05, 0) is 101 Å². The third-order valence-corrected chi connectivity index (χ3v) is 8.58. The maximum atomic E-state index is 15.0. The molecule has 0 bridgehead atoms. The standard InChI is InChI=1S/C26H38FN5O2/c27-21-17-20(29-22-2-4-24(33)30-25(22)34)1-3-23(21)32-15-9-26(10-16-32)7-13-31(14-8-26)18-19-5-11-28-12-6-19/h1,3,17,19,22,28-29H,2,4-16,18H2,(H,30,33,34). The summed E-state index contributed by atoms with van der Waals surface area (Å²) in [5, 5.41) is 8.87. The van der Waals surface area contributed by atoms with Gasteiger partial charge in [0.05, 0.1) is 5.69 Å². The summed E-state index contributed by atoms with van der Waals surface area (Å²) in [7, 11) is 0. The lowest BCUT2D eigenvalue weighted by Gasteiger charge is -2.48. The van der Waals surface area contributed by atoms with Gasteiger partial charge in [-0.15, -0.1) is 0 Å². The molecule has 1 spiro atoms. The highest BCUT2D eigenvalue weighted by molar-refractivity contribution is 6.01. The normalized spacial score (nSPS) is 26.5. The smallest absolute Gasteiger partial charge is 0.249 e. The van der Waals surface area contributed by atoms with Crippen LogP contribution in [0.2, 0.25) is 0 Å². The molecule has 7 nitrogen and oxygen atoms in total. The fourth-order valence-corrected chi connectivity index (χ4v) is 6.25. The first-order valence-corrected chi connectivity index (χ1v) is 13.1. The van der Waals surface area contributed by atoms with Crippen molar-refractivity contribution in [2.45, 2.75) is 57.4 Å². The molecule has 5 rings (SSSR count). The lowest BCUT2D eigenvalue weighted by Crippen LogP contribution is -2.48. The number of likely N-dealkylation sites (tertiary alicyclic amines) is 1. The Labute approximate surface area is 201 Å². The number of halogens is 1. The van der Waals surface area contributed by atoms with Crippen molar-refractivity contribution in [3.63, 3.8) is 0 Å². The average Bonchev–Trinajstić information content (AvgIpc) is 2.84. The first-order valence-electron chi connectivity index (χ1n) is 13.1. The van der Waals surface area contributed by atoms with Crippen molar-refractivity contribution in [1.82, 2.24) is 15.5 Å². The molecule has 4 fully saturated rings. The molecule has 2 amide bonds. The largest absolute Gasteiger partial charge is 0.374 e. The van der Waals surface area contributed by atoms with E-state index in [4.69, 9.17) is 0 Å². The van der Waals surface area contributed by atoms with E-state index in [1.54, 1.807) is 0 Å². The molecule has 0 aliphatic carbocycles. The number of anilines is 2. The van der Waals surface area contributed by atoms with Crippen molar-refractivity contribution in [1.29, 1.82) is 0 Å². The third-order valence-electron chi connectivity index (χ3n) is 8.58. The fourth-order valence-electron chi connectivity index (χ4n) is 6.25. The molecule has 0 aromatic heterocycles. The second kappa shape index (κ2) is 10.2. The molecule has 4 saturated heterocycles. The van der Waals surface area contributed by atoms with Gasteiger partial charge in [0.1, 0.15) is 11.9 Å². The lowest BCUT2D eigenvalue weighted by atomic mass is 9.71. The Bertz CT molecular complexity index is 885. The second-order valence-corrected chi connectivity index (χ2v) is 10.8. The average molecular weight is 472 g/mol. The first-order chi connectivity index (χ1) is 16.5. The van der Waals surface area contributed by atoms with E-state index in [2.05, 4.69) is 25.8 Å². The quantitative estimate of drug-likeness (QED) is 0.574. The Hall–Kier alpha value is -2.19. The topological polar surface area (TPSA) is 76.7 Å². The number of hydrogen-bond acceptors (Lipinski definition) is 6. The Balaban J connectivity index is 1.11. The summed E-state index contributed by atoms with van der Waals surface area (Å²) >= 11 is 0. The third kappa shape index (κ3) is 5.38. The van der Waals surface area contributed by atoms with Crippen molar-refractivity contribution >= 4 is 23.2 Å². The van der Waals surface area contributed by atoms with Crippen LogP contribution in [0.15, 0.2) is 18.2 Å². The molecule has 186 valence electrons. The van der Waals surface area contributed by atoms with Crippen molar-refractivity contribution in [2.24, 2.45) is 11.3 Å². The molecule has 1 atom stereocenters. The number of piperidine rings is 4. The van der Waals surface area contributed by atoms with Crippen LogP contribution in [-0.2, 0) is 9.59 Å². The van der Waals surface area contributed by atoms with E-state index in [1.165, 1.54) is 64.5 Å². The molecule has 4 heterocycles. The summed E-state index contributed by atoms with van der Waals surface area (Å²) in [5.41, 5.74) is 1.64. The van der Waals surface area contributed by atoms with E-state index < -0.39 is 6.04 Å². The predicted octanol–water partition coefficient (Wildman–Crippen LogP) is 2.72. The van der Waals surface area contributed by atoms with E-state index in [-0.39, 0.29) is 17.6 Å². The van der Waals surface area contributed by atoms with Crippen LogP contribution in [0.5, 0.6) is 0 Å². The molecule has 3 N–H and O–H groups in total. The number of carbonyl (C=O) groups excluding carboxylic acids is 2. The zero-order valence-electron chi connectivity index (χ0n) is 20.1. The molecule has 4 aliphatic rings. The van der Waals surface area contributed by atoms with Gasteiger partial charge >= 0.3 is 0 Å². The van der Waals surface area contributed by atoms with Gasteiger partial charge in [0.15, 0.2) is 0 Å². The Morgan fingerprint density at radius 3 is 2.38 bits per heavy atom. The molecule has 4 aliphatic heterocycles. The summed E-state index contributed by atoms with van der Waals surface area (Å²) < 4.78 is 15.0. The van der Waals surface area contributed by atoms with Crippen molar-refractivity contribution < 1.29 is 14.0 Å². The van der Waals surface area contributed by atoms with Gasteiger partial charge in [-0.25, -0.2) is 4.39 Å². The van der Waals surface area contributed by atoms with Gasteiger partial charge in [-0.3, -0.25) is 14.9 Å². The number of imide groups is 1. The summed E-state index contributed by atoms with van der Waals surface area (Å²) in [4.78, 5) is 28.2. The number of nitrogens with zero attached hydrogens (tertiary/aromatic N) is 2. The molecule has 8 heteroatoms. The fraction of sp³-hybridized carbons (Fsp3) is 0.692. The Morgan fingerprint density at radius 2 is 1.71 bits per heavy atom. The molecule has 0 radical (unpaired) electrons. The second-order valence-electron chi connectivity index (χ2n) is 10.8. The number of benzene rings is 1. The van der Waals surface area contributed by atoms with Gasteiger partial charge < -0.3 is 20.4 Å². The Morgan fingerprint density at radius 1 is 1.00 bits per heavy atom. The molecular weight excluding hydrogens is 433 g/mol. The molecule has 1 aromatic rings. The summed E-state index contributed by atoms with van der Waals surface area (Å²) in [6.45, 7) is 7.80. The van der Waals surface area contributed by atoms with Crippen LogP contribution >= 0.6 is 0 Å². The van der Waals surface area contributed by atoms with Gasteiger partial charge in [0, 0.05) is 31.7 Å². The number of carbonyl (C=O) groups is 2. The van der Waals surface area contributed by atoms with E-state index in [0.29, 0.717) is 29.6 Å². The van der Waals surface area contributed by atoms with Crippen molar-refractivity contribution in [3.8, 4) is 0 Å². The van der Waals surface area contributed by atoms with Gasteiger partial charge in [-0.2, -0.15) is 0 Å². The van der Waals surface area contributed by atoms with Crippen LogP contribution in [0.3, 0.4) is 0 Å². The van der Waals surface area contributed by atoms with Crippen LogP contribution in [-0.4, -0.2) is 68.6 Å². The number of rotatable bonds is 5. The minimum atomic E-state index is -0.501. The van der Waals surface area contributed by atoms with Crippen LogP contribution in [0.1, 0.15) is 51.4 Å². The summed E-state index contributed by atoms with van der Waals surface area (Å²) in [6.07, 6.45) is 8.14. The predicted molar refractivity (Wildman–Crippen MR) is 131 cm³/mol. The molecule has 34 heavy (non-hydrogen) atoms. The SMILES string of the molecule is O=C1CCC(Nc2ccc(N3CCC4(CCN(CC5CCNCC5)CC4)CC3)c(F)c2)C(=O)N1. The highest BCUT2D eigenvalue weighted by Gasteiger charge is 2.38. The number of hydrogen-bond donors (Lipinski definition) is 3. The lowest BCUT2D eigenvalue weighted by molar-refractivity contribution is -0.133. The molecule has 0 saturated carbocycles. The van der Waals surface area contributed by atoms with Crippen LogP contribution in [0.25, 0.3) is 0 Å². The zero-order valence-corrected chi connectivity index (χ0v) is 20.1. The maximum Gasteiger partial charge on any atom is 0.249 e. The minimum absolute atomic E-state index is 0.250. The molecule has 1 aromatic carbocycles. The highest BCUT2D eigenvalue weighted by Crippen LogP contribution is 2.42. The minimum Gasteiger partial charge on any atom is -0.374 e. The van der Waals surface area contributed by atoms with E-state index >= 15 is 4.39 Å². The maximum absolute atomic E-state index is 15.0. The van der Waals surface area contributed by atoms with Crippen LogP contribution in [0.4, 0.5) is 15.8 Å². The first kappa shape index (κ1) is 23.5. The van der Waals surface area contributed by atoms with Crippen molar-refractivity contribution in [3.05, 3.63) is 24.0 Å². The van der Waals surface area contributed by atoms with Crippen molar-refractivity contribution in [2.75, 3.05) is 56.0 Å². The van der Waals surface area contributed by atoms with Crippen LogP contribution < -0.4 is 20.9 Å². The van der Waals surface area contributed by atoms with E-state index in [1.807, 2.05) is 12.1 Å². The summed E-state index contributed by atoms with van der Waals surface area (Å²) in [5.74, 6) is 0.00126. The van der Waals surface area contributed by atoms with Gasteiger partial charge in [0.2, 0.25) is 11.8 Å². The van der Waals surface area contributed by atoms with Gasteiger partial charge in [0.25, 0.3) is 0 Å². The van der Waals surface area contributed by atoms with Crippen LogP contribution in [0, 0.1) is 17.2 Å². The highest BCUT2D eigenvalue weighted by atomic mass is 19.1. The summed E-state index contributed by atoms with van der Waals surface area (Å²) in [6, 6.07) is 4.64. The zero-order chi connectivity index (χ0) is 23.5. The van der Waals surface area contributed by atoms with Gasteiger partial charge in [-0.1, -0.05) is 0 Å². The van der Waals surface area contributed by atoms with E-state index in [9.17, 15) is 9.59 Å². The number of amides is 2. The number of nitrogens with one attached hydrogen (secondary N) is 3. The molecule has 1 unspecified atom stereocenters. The van der Waals surface area contributed by atoms with E-state index in [0.717, 1.165) is 31.8 Å². The Kier molecular flexibility index (Phi) is 7.06. The monoisotopic (exact) mass is 471 g/mol.